The summed E-state index contributed by atoms with van der Waals surface area (Å²) in [6.45, 7) is 2.01. The van der Waals surface area contributed by atoms with Crippen molar-refractivity contribution in [3.8, 4) is 0 Å². The number of Topliss-reactive ketones (excluding diaryl/α,β-unsaturated/α-hetero) is 1. The number of carbonyl (C=O) groups excluding carboxylic acids is 1. The highest BCUT2D eigenvalue weighted by Crippen LogP contribution is 2.43. The molecule has 1 aromatic carbocycles. The Morgan fingerprint density at radius 2 is 2.20 bits per heavy atom. The van der Waals surface area contributed by atoms with Crippen molar-refractivity contribution < 1.29 is 9.72 Å². The molecule has 9 heteroatoms. The van der Waals surface area contributed by atoms with Crippen LogP contribution >= 0.6 is 11.6 Å². The van der Waals surface area contributed by atoms with Gasteiger partial charge in [0.25, 0.3) is 5.69 Å². The van der Waals surface area contributed by atoms with Gasteiger partial charge in [0, 0.05) is 40.4 Å². The number of nitro benzene ring substituents is 1. The topological polar surface area (TPSA) is 103 Å². The lowest BCUT2D eigenvalue weighted by Gasteiger charge is -2.34. The molecule has 0 saturated carbocycles. The lowest BCUT2D eigenvalue weighted by Crippen LogP contribution is -2.33. The predicted molar refractivity (Wildman–Crippen MR) is 90.3 cm³/mol. The number of fused-ring (bicyclic) bond motifs is 1. The van der Waals surface area contributed by atoms with Gasteiger partial charge in [-0.2, -0.15) is 10.1 Å². The number of hydrogen-bond donors (Lipinski definition) is 1. The fourth-order valence-electron chi connectivity index (χ4n) is 3.49. The van der Waals surface area contributed by atoms with E-state index in [4.69, 9.17) is 11.6 Å². The Labute approximate surface area is 147 Å². The van der Waals surface area contributed by atoms with Gasteiger partial charge in [0.2, 0.25) is 5.95 Å². The average Bonchev–Trinajstić information content (AvgIpc) is 3.01. The van der Waals surface area contributed by atoms with E-state index >= 15 is 0 Å². The number of hydrogen-bond acceptors (Lipinski definition) is 6. The summed E-state index contributed by atoms with van der Waals surface area (Å²) in [7, 11) is 0. The molecule has 2 aliphatic rings. The maximum absolute atomic E-state index is 12.7. The largest absolute Gasteiger partial charge is 0.328 e. The van der Waals surface area contributed by atoms with Crippen molar-refractivity contribution in [1.82, 2.24) is 14.8 Å². The number of ketones is 1. The zero-order valence-electron chi connectivity index (χ0n) is 13.3. The molecule has 4 rings (SSSR count). The van der Waals surface area contributed by atoms with E-state index in [0.29, 0.717) is 34.9 Å². The minimum atomic E-state index is -0.624. The number of aromatic nitrogens is 3. The van der Waals surface area contributed by atoms with Gasteiger partial charge in [-0.1, -0.05) is 18.5 Å². The first kappa shape index (κ1) is 15.8. The molecular formula is C16H14ClN5O3. The van der Waals surface area contributed by atoms with E-state index in [9.17, 15) is 14.9 Å². The molecule has 1 aliphatic heterocycles. The van der Waals surface area contributed by atoms with E-state index in [1.807, 2.05) is 6.92 Å². The van der Waals surface area contributed by atoms with Crippen LogP contribution in [0.5, 0.6) is 0 Å². The number of nitro groups is 1. The Morgan fingerprint density at radius 1 is 1.40 bits per heavy atom. The van der Waals surface area contributed by atoms with Crippen LogP contribution in [0.4, 0.5) is 11.6 Å². The normalized spacial score (nSPS) is 22.2. The molecule has 1 aliphatic carbocycles. The van der Waals surface area contributed by atoms with E-state index < -0.39 is 11.0 Å². The smallest absolute Gasteiger partial charge is 0.269 e. The zero-order chi connectivity index (χ0) is 17.7. The fourth-order valence-corrected chi connectivity index (χ4v) is 3.71. The molecule has 0 saturated heterocycles. The van der Waals surface area contributed by atoms with Gasteiger partial charge >= 0.3 is 0 Å². The van der Waals surface area contributed by atoms with Crippen molar-refractivity contribution >= 4 is 29.0 Å². The summed E-state index contributed by atoms with van der Waals surface area (Å²) < 4.78 is 1.55. The van der Waals surface area contributed by atoms with Crippen LogP contribution in [-0.2, 0) is 4.79 Å². The van der Waals surface area contributed by atoms with E-state index in [1.54, 1.807) is 4.68 Å². The summed E-state index contributed by atoms with van der Waals surface area (Å²) in [6, 6.07) is 3.60. The minimum absolute atomic E-state index is 0.00465. The maximum atomic E-state index is 12.7. The van der Waals surface area contributed by atoms with Gasteiger partial charge in [-0.3, -0.25) is 14.9 Å². The van der Waals surface area contributed by atoms with Gasteiger partial charge in [-0.25, -0.2) is 4.68 Å². The molecule has 0 amide bonds. The molecule has 0 spiro atoms. The summed E-state index contributed by atoms with van der Waals surface area (Å²) in [5.74, 6) is 0.706. The third kappa shape index (κ3) is 2.49. The van der Waals surface area contributed by atoms with Gasteiger partial charge in [0.15, 0.2) is 5.78 Å². The molecule has 8 nitrogen and oxygen atoms in total. The predicted octanol–water partition coefficient (Wildman–Crippen LogP) is 3.11. The molecule has 0 unspecified atom stereocenters. The van der Waals surface area contributed by atoms with Crippen LogP contribution in [0, 0.1) is 16.0 Å². The molecule has 128 valence electrons. The first-order valence-electron chi connectivity index (χ1n) is 7.82. The molecule has 1 aromatic heterocycles. The van der Waals surface area contributed by atoms with E-state index in [-0.39, 0.29) is 17.4 Å². The number of anilines is 1. The highest BCUT2D eigenvalue weighted by atomic mass is 35.5. The van der Waals surface area contributed by atoms with Gasteiger partial charge in [-0.05, 0) is 18.4 Å². The van der Waals surface area contributed by atoms with Crippen molar-refractivity contribution in [3.63, 3.8) is 0 Å². The fraction of sp³-hybridized carbons (Fsp3) is 0.312. The molecule has 0 fully saturated rings. The van der Waals surface area contributed by atoms with Crippen molar-refractivity contribution in [2.75, 3.05) is 5.32 Å². The second-order valence-electron chi connectivity index (χ2n) is 6.35. The standard InChI is InChI=1S/C16H14ClN5O3/c1-8-4-12-14(13(23)5-8)15(21-16(20-12)18-7-19-21)10-6-9(22(24)25)2-3-11(10)17/h2-3,6-8,15H,4-5H2,1H3,(H,18,19,20)/t8-,15-/m1/s1. The van der Waals surface area contributed by atoms with Crippen LogP contribution in [0.15, 0.2) is 35.8 Å². The number of nitrogens with one attached hydrogen (secondary N) is 1. The monoisotopic (exact) mass is 359 g/mol. The SMILES string of the molecule is C[C@H]1CC(=O)C2=C(C1)Nc1ncnn1[C@@H]2c1cc([N+](=O)[O-])ccc1Cl. The highest BCUT2D eigenvalue weighted by Gasteiger charge is 2.39. The maximum Gasteiger partial charge on any atom is 0.269 e. The molecule has 1 N–H and O–H groups in total. The second-order valence-corrected chi connectivity index (χ2v) is 6.75. The van der Waals surface area contributed by atoms with Crippen molar-refractivity contribution in [1.29, 1.82) is 0 Å². The second kappa shape index (κ2) is 5.66. The summed E-state index contributed by atoms with van der Waals surface area (Å²) in [4.78, 5) is 27.6. The Kier molecular flexibility index (Phi) is 3.57. The summed E-state index contributed by atoms with van der Waals surface area (Å²) in [5, 5.41) is 18.9. The van der Waals surface area contributed by atoms with Gasteiger partial charge < -0.3 is 5.32 Å². The van der Waals surface area contributed by atoms with Crippen LogP contribution in [-0.4, -0.2) is 25.5 Å². The Bertz CT molecular complexity index is 936. The van der Waals surface area contributed by atoms with Gasteiger partial charge in [-0.15, -0.1) is 0 Å². The number of halogens is 1. The van der Waals surface area contributed by atoms with Crippen molar-refractivity contribution in [2.45, 2.75) is 25.8 Å². The average molecular weight is 360 g/mol. The van der Waals surface area contributed by atoms with Gasteiger partial charge in [0.05, 0.1) is 4.92 Å². The molecule has 2 aromatic rings. The first-order valence-corrected chi connectivity index (χ1v) is 8.20. The van der Waals surface area contributed by atoms with Gasteiger partial charge in [0.1, 0.15) is 12.4 Å². The number of non-ortho nitro benzene ring substituents is 1. The highest BCUT2D eigenvalue weighted by molar-refractivity contribution is 6.31. The third-order valence-electron chi connectivity index (χ3n) is 4.55. The minimum Gasteiger partial charge on any atom is -0.328 e. The lowest BCUT2D eigenvalue weighted by molar-refractivity contribution is -0.384. The summed E-state index contributed by atoms with van der Waals surface area (Å²) >= 11 is 6.34. The van der Waals surface area contributed by atoms with Crippen LogP contribution in [0.1, 0.15) is 31.4 Å². The quantitative estimate of drug-likeness (QED) is 0.652. The van der Waals surface area contributed by atoms with Crippen LogP contribution < -0.4 is 5.32 Å². The number of rotatable bonds is 2. The molecule has 2 atom stereocenters. The molecule has 0 bridgehead atoms. The number of carbonyl (C=O) groups is 1. The molecule has 2 heterocycles. The molecule has 0 radical (unpaired) electrons. The van der Waals surface area contributed by atoms with Crippen molar-refractivity contribution in [2.24, 2.45) is 5.92 Å². The Balaban J connectivity index is 1.94. The first-order chi connectivity index (χ1) is 12.0. The summed E-state index contributed by atoms with van der Waals surface area (Å²) in [6.07, 6.45) is 2.51. The van der Waals surface area contributed by atoms with Crippen LogP contribution in [0.25, 0.3) is 0 Å². The molecular weight excluding hydrogens is 346 g/mol. The van der Waals surface area contributed by atoms with E-state index in [2.05, 4.69) is 15.4 Å². The number of benzene rings is 1. The van der Waals surface area contributed by atoms with Crippen LogP contribution in [0.3, 0.4) is 0 Å². The lowest BCUT2D eigenvalue weighted by atomic mass is 9.81. The van der Waals surface area contributed by atoms with E-state index in [1.165, 1.54) is 24.5 Å². The number of nitrogens with zero attached hydrogens (tertiary/aromatic N) is 4. The Morgan fingerprint density at radius 3 is 2.96 bits per heavy atom. The molecule has 25 heavy (non-hydrogen) atoms. The summed E-state index contributed by atoms with van der Waals surface area (Å²) in [5.41, 5.74) is 1.73. The third-order valence-corrected chi connectivity index (χ3v) is 4.89. The van der Waals surface area contributed by atoms with Crippen molar-refractivity contribution in [3.05, 3.63) is 56.5 Å². The van der Waals surface area contributed by atoms with Crippen LogP contribution in [0.2, 0.25) is 5.02 Å². The zero-order valence-corrected chi connectivity index (χ0v) is 14.0. The number of allylic oxidation sites excluding steroid dienone is 2. The Hall–Kier alpha value is -2.74. The van der Waals surface area contributed by atoms with E-state index in [0.717, 1.165) is 5.70 Å².